The number of nitrogens with zero attached hydrogens (tertiary/aromatic N) is 3. The first-order chi connectivity index (χ1) is 9.99. The van der Waals surface area contributed by atoms with Crippen molar-refractivity contribution in [2.45, 2.75) is 19.9 Å². The van der Waals surface area contributed by atoms with Crippen LogP contribution in [0.2, 0.25) is 0 Å². The number of pyridine rings is 1. The molecule has 108 valence electrons. The van der Waals surface area contributed by atoms with Gasteiger partial charge < -0.3 is 11.5 Å². The van der Waals surface area contributed by atoms with Crippen molar-refractivity contribution in [2.24, 2.45) is 0 Å². The molecule has 0 amide bonds. The minimum absolute atomic E-state index is 0.109. The molecule has 0 aliphatic rings. The van der Waals surface area contributed by atoms with E-state index in [0.717, 1.165) is 10.9 Å². The maximum Gasteiger partial charge on any atom is 0.146 e. The van der Waals surface area contributed by atoms with E-state index in [0.29, 0.717) is 17.1 Å². The zero-order valence-electron chi connectivity index (χ0n) is 11.8. The number of fused-ring (bicyclic) bond motifs is 1. The number of rotatable bonds is 2. The maximum atomic E-state index is 13.7. The molecule has 5 nitrogen and oxygen atoms in total. The topological polar surface area (TPSA) is 82.8 Å². The van der Waals surface area contributed by atoms with Gasteiger partial charge >= 0.3 is 0 Å². The third-order valence-corrected chi connectivity index (χ3v) is 3.41. The Balaban J connectivity index is 2.34. The summed E-state index contributed by atoms with van der Waals surface area (Å²) in [4.78, 5) is 4.11. The largest absolute Gasteiger partial charge is 0.396 e. The Bertz CT molecular complexity index is 822. The van der Waals surface area contributed by atoms with Crippen molar-refractivity contribution in [3.8, 4) is 11.3 Å². The molecular weight excluding hydrogens is 269 g/mol. The molecule has 0 fully saturated rings. The van der Waals surface area contributed by atoms with Crippen LogP contribution >= 0.6 is 0 Å². The van der Waals surface area contributed by atoms with Gasteiger partial charge in [0.15, 0.2) is 0 Å². The fourth-order valence-electron chi connectivity index (χ4n) is 2.38. The first kappa shape index (κ1) is 13.4. The number of hydrogen-bond acceptors (Lipinski definition) is 4. The minimum Gasteiger partial charge on any atom is -0.396 e. The van der Waals surface area contributed by atoms with Gasteiger partial charge in [-0.15, -0.1) is 0 Å². The van der Waals surface area contributed by atoms with E-state index >= 15 is 0 Å². The number of nitrogens with two attached hydrogens (primary N) is 2. The second-order valence-electron chi connectivity index (χ2n) is 5.21. The lowest BCUT2D eigenvalue weighted by atomic mass is 10.1. The van der Waals surface area contributed by atoms with E-state index in [1.54, 1.807) is 12.3 Å². The highest BCUT2D eigenvalue weighted by molar-refractivity contribution is 6.00. The van der Waals surface area contributed by atoms with Gasteiger partial charge in [-0.1, -0.05) is 6.07 Å². The molecule has 6 heteroatoms. The highest BCUT2D eigenvalue weighted by Gasteiger charge is 2.17. The Morgan fingerprint density at radius 2 is 1.95 bits per heavy atom. The first-order valence-corrected chi connectivity index (χ1v) is 6.67. The highest BCUT2D eigenvalue weighted by atomic mass is 19.1. The second-order valence-corrected chi connectivity index (χ2v) is 5.21. The predicted octanol–water partition coefficient (Wildman–Crippen LogP) is 2.98. The molecule has 4 N–H and O–H groups in total. The fraction of sp³-hybridized carbons (Fsp3) is 0.200. The van der Waals surface area contributed by atoms with Crippen LogP contribution in [0, 0.1) is 5.82 Å². The Kier molecular flexibility index (Phi) is 3.01. The molecule has 2 heterocycles. The lowest BCUT2D eigenvalue weighted by molar-refractivity contribution is 0.552. The number of hydrogen-bond donors (Lipinski definition) is 2. The third-order valence-electron chi connectivity index (χ3n) is 3.41. The standard InChI is InChI=1S/C15H16FN5/c1-8(2)21-12-5-6-19-15(18)13(12)14(20-21)9-3-4-11(17)10(16)7-9/h3-8H,17H2,1-2H3,(H2,18,19). The van der Waals surface area contributed by atoms with Crippen LogP contribution in [0.15, 0.2) is 30.5 Å². The van der Waals surface area contributed by atoms with Crippen LogP contribution in [0.4, 0.5) is 15.9 Å². The van der Waals surface area contributed by atoms with E-state index in [4.69, 9.17) is 11.5 Å². The summed E-state index contributed by atoms with van der Waals surface area (Å²) < 4.78 is 15.6. The van der Waals surface area contributed by atoms with Crippen molar-refractivity contribution in [3.05, 3.63) is 36.3 Å². The maximum absolute atomic E-state index is 13.7. The highest BCUT2D eigenvalue weighted by Crippen LogP contribution is 2.33. The van der Waals surface area contributed by atoms with E-state index < -0.39 is 5.82 Å². The van der Waals surface area contributed by atoms with Gasteiger partial charge in [0.2, 0.25) is 0 Å². The lowest BCUT2D eigenvalue weighted by Crippen LogP contribution is -2.02. The molecule has 0 saturated carbocycles. The summed E-state index contributed by atoms with van der Waals surface area (Å²) in [6.45, 7) is 4.05. The zero-order valence-corrected chi connectivity index (χ0v) is 11.8. The van der Waals surface area contributed by atoms with Crippen LogP contribution in [0.5, 0.6) is 0 Å². The van der Waals surface area contributed by atoms with Gasteiger partial charge in [-0.3, -0.25) is 4.68 Å². The van der Waals surface area contributed by atoms with Crippen molar-refractivity contribution in [3.63, 3.8) is 0 Å². The van der Waals surface area contributed by atoms with Gasteiger partial charge in [-0.05, 0) is 32.0 Å². The summed E-state index contributed by atoms with van der Waals surface area (Å²) in [5.74, 6) is -0.0890. The van der Waals surface area contributed by atoms with Crippen LogP contribution in [0.1, 0.15) is 19.9 Å². The van der Waals surface area contributed by atoms with Gasteiger partial charge in [0.25, 0.3) is 0 Å². The predicted molar refractivity (Wildman–Crippen MR) is 82.1 cm³/mol. The summed E-state index contributed by atoms with van der Waals surface area (Å²) in [5, 5.41) is 5.31. The number of nitrogen functional groups attached to an aromatic ring is 2. The summed E-state index contributed by atoms with van der Waals surface area (Å²) in [5.41, 5.74) is 13.8. The minimum atomic E-state index is -0.470. The average Bonchev–Trinajstić information content (AvgIpc) is 2.83. The average molecular weight is 285 g/mol. The quantitative estimate of drug-likeness (QED) is 0.709. The molecule has 21 heavy (non-hydrogen) atoms. The smallest absolute Gasteiger partial charge is 0.146 e. The molecular formula is C15H16FN5. The van der Waals surface area contributed by atoms with E-state index in [2.05, 4.69) is 10.1 Å². The number of aromatic nitrogens is 3. The third kappa shape index (κ3) is 2.08. The molecule has 0 aliphatic heterocycles. The molecule has 0 saturated heterocycles. The van der Waals surface area contributed by atoms with Crippen LogP contribution < -0.4 is 11.5 Å². The SMILES string of the molecule is CC(C)n1nc(-c2ccc(N)c(F)c2)c2c(N)nccc21. The Morgan fingerprint density at radius 3 is 2.62 bits per heavy atom. The molecule has 0 atom stereocenters. The fourth-order valence-corrected chi connectivity index (χ4v) is 2.38. The van der Waals surface area contributed by atoms with E-state index in [-0.39, 0.29) is 11.7 Å². The molecule has 1 aromatic carbocycles. The number of halogens is 1. The van der Waals surface area contributed by atoms with Gasteiger partial charge in [-0.25, -0.2) is 9.37 Å². The molecule has 0 aliphatic carbocycles. The second kappa shape index (κ2) is 4.73. The van der Waals surface area contributed by atoms with Crippen LogP contribution in [-0.2, 0) is 0 Å². The molecule has 0 unspecified atom stereocenters. The van der Waals surface area contributed by atoms with Crippen molar-refractivity contribution in [2.75, 3.05) is 11.5 Å². The Morgan fingerprint density at radius 1 is 1.19 bits per heavy atom. The van der Waals surface area contributed by atoms with E-state index in [9.17, 15) is 4.39 Å². The van der Waals surface area contributed by atoms with Gasteiger partial charge in [0.05, 0.1) is 16.6 Å². The van der Waals surface area contributed by atoms with Gasteiger partial charge in [-0.2, -0.15) is 5.10 Å². The van der Waals surface area contributed by atoms with E-state index in [1.165, 1.54) is 12.1 Å². The van der Waals surface area contributed by atoms with Gasteiger partial charge in [0, 0.05) is 17.8 Å². The monoisotopic (exact) mass is 285 g/mol. The Hall–Kier alpha value is -2.63. The lowest BCUT2D eigenvalue weighted by Gasteiger charge is -2.06. The summed E-state index contributed by atoms with van der Waals surface area (Å²) in [6, 6.07) is 6.64. The zero-order chi connectivity index (χ0) is 15.1. The summed E-state index contributed by atoms with van der Waals surface area (Å²) in [6.07, 6.45) is 1.64. The molecule has 3 aromatic rings. The van der Waals surface area contributed by atoms with Crippen LogP contribution in [0.3, 0.4) is 0 Å². The molecule has 0 radical (unpaired) electrons. The molecule has 0 bridgehead atoms. The van der Waals surface area contributed by atoms with Crippen LogP contribution in [-0.4, -0.2) is 14.8 Å². The normalized spacial score (nSPS) is 11.4. The van der Waals surface area contributed by atoms with Crippen molar-refractivity contribution in [1.82, 2.24) is 14.8 Å². The number of benzene rings is 1. The molecule has 2 aromatic heterocycles. The van der Waals surface area contributed by atoms with Crippen molar-refractivity contribution >= 4 is 22.4 Å². The van der Waals surface area contributed by atoms with E-state index in [1.807, 2.05) is 24.6 Å². The Labute approximate surface area is 121 Å². The first-order valence-electron chi connectivity index (χ1n) is 6.67. The van der Waals surface area contributed by atoms with Crippen LogP contribution in [0.25, 0.3) is 22.2 Å². The molecule has 0 spiro atoms. The molecule has 3 rings (SSSR count). The summed E-state index contributed by atoms with van der Waals surface area (Å²) in [7, 11) is 0. The number of anilines is 2. The summed E-state index contributed by atoms with van der Waals surface area (Å²) >= 11 is 0. The van der Waals surface area contributed by atoms with Crippen molar-refractivity contribution < 1.29 is 4.39 Å². The van der Waals surface area contributed by atoms with Crippen molar-refractivity contribution in [1.29, 1.82) is 0 Å². The van der Waals surface area contributed by atoms with Gasteiger partial charge in [0.1, 0.15) is 17.3 Å².